The zero-order chi connectivity index (χ0) is 19.1. The smallest absolute Gasteiger partial charge is 0.261 e. The van der Waals surface area contributed by atoms with Gasteiger partial charge in [0.15, 0.2) is 0 Å². The van der Waals surface area contributed by atoms with Crippen molar-refractivity contribution in [1.82, 2.24) is 9.88 Å². The number of carbonyl (C=O) groups excluding carboxylic acids is 1. The van der Waals surface area contributed by atoms with E-state index in [0.717, 1.165) is 12.0 Å². The molecule has 0 spiro atoms. The fourth-order valence-corrected chi connectivity index (χ4v) is 3.58. The van der Waals surface area contributed by atoms with Crippen LogP contribution < -0.4 is 9.47 Å². The first-order valence-corrected chi connectivity index (χ1v) is 9.52. The van der Waals surface area contributed by atoms with Gasteiger partial charge in [0.2, 0.25) is 0 Å². The second kappa shape index (κ2) is 9.19. The first kappa shape index (κ1) is 18.9. The molecule has 0 aliphatic rings. The third-order valence-electron chi connectivity index (χ3n) is 4.23. The van der Waals surface area contributed by atoms with E-state index in [-0.39, 0.29) is 5.91 Å². The van der Waals surface area contributed by atoms with Crippen LogP contribution in [0.4, 0.5) is 0 Å². The predicted octanol–water partition coefficient (Wildman–Crippen LogP) is 4.05. The normalized spacial score (nSPS) is 10.4. The molecule has 140 valence electrons. The van der Waals surface area contributed by atoms with E-state index < -0.39 is 0 Å². The molecule has 0 aliphatic heterocycles. The molecule has 0 bridgehead atoms. The number of carbonyl (C=O) groups is 1. The lowest BCUT2D eigenvalue weighted by Gasteiger charge is -2.24. The maximum absolute atomic E-state index is 13.4. The summed E-state index contributed by atoms with van der Waals surface area (Å²) in [7, 11) is 3.12. The maximum Gasteiger partial charge on any atom is 0.261 e. The van der Waals surface area contributed by atoms with Gasteiger partial charge in [0.1, 0.15) is 17.1 Å². The molecule has 2 heterocycles. The number of amides is 1. The van der Waals surface area contributed by atoms with Crippen LogP contribution in [0, 0.1) is 0 Å². The van der Waals surface area contributed by atoms with E-state index in [4.69, 9.17) is 9.47 Å². The summed E-state index contributed by atoms with van der Waals surface area (Å²) in [6.45, 7) is 1.06. The van der Waals surface area contributed by atoms with Gasteiger partial charge in [-0.1, -0.05) is 18.2 Å². The van der Waals surface area contributed by atoms with E-state index >= 15 is 0 Å². The van der Waals surface area contributed by atoms with Crippen molar-refractivity contribution in [3.05, 3.63) is 76.2 Å². The van der Waals surface area contributed by atoms with Crippen molar-refractivity contribution < 1.29 is 14.3 Å². The minimum Gasteiger partial charge on any atom is -0.496 e. The van der Waals surface area contributed by atoms with E-state index in [1.165, 1.54) is 4.88 Å². The Morgan fingerprint density at radius 2 is 1.85 bits per heavy atom. The third-order valence-corrected chi connectivity index (χ3v) is 5.17. The second-order valence-corrected chi connectivity index (χ2v) is 6.99. The molecule has 0 aliphatic carbocycles. The molecule has 6 heteroatoms. The van der Waals surface area contributed by atoms with Crippen molar-refractivity contribution >= 4 is 17.2 Å². The lowest BCUT2D eigenvalue weighted by Crippen LogP contribution is -2.33. The first-order valence-electron chi connectivity index (χ1n) is 8.64. The fourth-order valence-electron chi connectivity index (χ4n) is 2.88. The lowest BCUT2D eigenvalue weighted by atomic mass is 10.1. The molecule has 0 saturated heterocycles. The molecule has 0 fully saturated rings. The molecule has 0 saturated carbocycles. The predicted molar refractivity (Wildman–Crippen MR) is 107 cm³/mol. The Bertz CT molecular complexity index is 844. The number of rotatable bonds is 8. The van der Waals surface area contributed by atoms with Crippen molar-refractivity contribution in [2.75, 3.05) is 20.8 Å². The lowest BCUT2D eigenvalue weighted by molar-refractivity contribution is 0.0738. The summed E-state index contributed by atoms with van der Waals surface area (Å²) in [6, 6.07) is 13.3. The zero-order valence-corrected chi connectivity index (χ0v) is 16.2. The Labute approximate surface area is 163 Å². The highest BCUT2D eigenvalue weighted by atomic mass is 32.1. The van der Waals surface area contributed by atoms with Crippen LogP contribution in [0.5, 0.6) is 11.5 Å². The Kier molecular flexibility index (Phi) is 6.44. The topological polar surface area (TPSA) is 51.7 Å². The largest absolute Gasteiger partial charge is 0.496 e. The summed E-state index contributed by atoms with van der Waals surface area (Å²) in [6.07, 6.45) is 4.30. The fraction of sp³-hybridized carbons (Fsp3) is 0.238. The standard InChI is InChI=1S/C21H22N2O3S/c1-25-18-8-3-9-19(26-2)20(18)21(24)23(12-10-17-7-5-13-27-17)15-16-6-4-11-22-14-16/h3-9,11,13-14H,10,12,15H2,1-2H3. The number of pyridine rings is 1. The quantitative estimate of drug-likeness (QED) is 0.590. The van der Waals surface area contributed by atoms with Gasteiger partial charge in [0, 0.05) is 30.4 Å². The Hall–Kier alpha value is -2.86. The summed E-state index contributed by atoms with van der Waals surface area (Å²) in [5.74, 6) is 0.892. The molecule has 1 aromatic carbocycles. The number of aromatic nitrogens is 1. The highest BCUT2D eigenvalue weighted by Crippen LogP contribution is 2.30. The summed E-state index contributed by atoms with van der Waals surface area (Å²) < 4.78 is 10.8. The molecule has 3 rings (SSSR count). The molecular weight excluding hydrogens is 360 g/mol. The van der Waals surface area contributed by atoms with Crippen molar-refractivity contribution in [3.8, 4) is 11.5 Å². The highest BCUT2D eigenvalue weighted by Gasteiger charge is 2.24. The second-order valence-electron chi connectivity index (χ2n) is 5.95. The minimum absolute atomic E-state index is 0.121. The van der Waals surface area contributed by atoms with Gasteiger partial charge in [-0.15, -0.1) is 11.3 Å². The number of methoxy groups -OCH3 is 2. The van der Waals surface area contributed by atoms with Gasteiger partial charge < -0.3 is 14.4 Å². The summed E-state index contributed by atoms with van der Waals surface area (Å²) in [5.41, 5.74) is 1.42. The van der Waals surface area contributed by atoms with Gasteiger partial charge in [-0.25, -0.2) is 0 Å². The van der Waals surface area contributed by atoms with Crippen LogP contribution >= 0.6 is 11.3 Å². The SMILES string of the molecule is COc1cccc(OC)c1C(=O)N(CCc1cccs1)Cc1cccnc1. The van der Waals surface area contributed by atoms with Gasteiger partial charge in [0.25, 0.3) is 5.91 Å². The molecule has 0 N–H and O–H groups in total. The molecule has 2 aromatic heterocycles. The summed E-state index contributed by atoms with van der Waals surface area (Å²) in [5, 5.41) is 2.05. The first-order chi connectivity index (χ1) is 13.2. The average Bonchev–Trinajstić information content (AvgIpc) is 3.24. The molecule has 3 aromatic rings. The van der Waals surface area contributed by atoms with Crippen LogP contribution in [-0.2, 0) is 13.0 Å². The van der Waals surface area contributed by atoms with Gasteiger partial charge >= 0.3 is 0 Å². The molecule has 0 atom stereocenters. The van der Waals surface area contributed by atoms with Crippen LogP contribution in [-0.4, -0.2) is 36.6 Å². The Morgan fingerprint density at radius 3 is 2.44 bits per heavy atom. The van der Waals surface area contributed by atoms with Crippen molar-refractivity contribution in [2.45, 2.75) is 13.0 Å². The van der Waals surface area contributed by atoms with E-state index in [9.17, 15) is 4.79 Å². The molecule has 5 nitrogen and oxygen atoms in total. The molecule has 1 amide bonds. The van der Waals surface area contributed by atoms with E-state index in [1.807, 2.05) is 34.5 Å². The van der Waals surface area contributed by atoms with Crippen LogP contribution in [0.1, 0.15) is 20.8 Å². The summed E-state index contributed by atoms with van der Waals surface area (Å²) >= 11 is 1.69. The molecular formula is C21H22N2O3S. The van der Waals surface area contributed by atoms with Crippen LogP contribution in [0.25, 0.3) is 0 Å². The number of thiophene rings is 1. The van der Waals surface area contributed by atoms with Crippen molar-refractivity contribution in [2.24, 2.45) is 0 Å². The van der Waals surface area contributed by atoms with Gasteiger partial charge in [-0.2, -0.15) is 0 Å². The number of ether oxygens (including phenoxy) is 2. The zero-order valence-electron chi connectivity index (χ0n) is 15.4. The Morgan fingerprint density at radius 1 is 1.07 bits per heavy atom. The van der Waals surface area contributed by atoms with Crippen LogP contribution in [0.2, 0.25) is 0 Å². The van der Waals surface area contributed by atoms with E-state index in [2.05, 4.69) is 11.1 Å². The van der Waals surface area contributed by atoms with Crippen molar-refractivity contribution in [1.29, 1.82) is 0 Å². The van der Waals surface area contributed by atoms with E-state index in [0.29, 0.717) is 30.2 Å². The van der Waals surface area contributed by atoms with Crippen LogP contribution in [0.15, 0.2) is 60.2 Å². The Balaban J connectivity index is 1.90. The van der Waals surface area contributed by atoms with Gasteiger partial charge in [-0.05, 0) is 41.6 Å². The van der Waals surface area contributed by atoms with Crippen molar-refractivity contribution in [3.63, 3.8) is 0 Å². The molecule has 27 heavy (non-hydrogen) atoms. The summed E-state index contributed by atoms with van der Waals surface area (Å²) in [4.78, 5) is 20.6. The minimum atomic E-state index is -0.121. The van der Waals surface area contributed by atoms with Crippen LogP contribution in [0.3, 0.4) is 0 Å². The number of hydrogen-bond donors (Lipinski definition) is 0. The molecule has 0 radical (unpaired) electrons. The van der Waals surface area contributed by atoms with E-state index in [1.54, 1.807) is 50.1 Å². The third kappa shape index (κ3) is 4.65. The number of benzene rings is 1. The highest BCUT2D eigenvalue weighted by molar-refractivity contribution is 7.09. The number of nitrogens with zero attached hydrogens (tertiary/aromatic N) is 2. The monoisotopic (exact) mass is 382 g/mol. The number of hydrogen-bond acceptors (Lipinski definition) is 5. The average molecular weight is 382 g/mol. The molecule has 0 unspecified atom stereocenters. The van der Waals surface area contributed by atoms with Gasteiger partial charge in [0.05, 0.1) is 14.2 Å². The van der Waals surface area contributed by atoms with Gasteiger partial charge in [-0.3, -0.25) is 9.78 Å². The maximum atomic E-state index is 13.4.